The Hall–Kier alpha value is -3.65. The predicted molar refractivity (Wildman–Crippen MR) is 168 cm³/mol. The van der Waals surface area contributed by atoms with Crippen molar-refractivity contribution in [3.8, 4) is 11.1 Å². The van der Waals surface area contributed by atoms with E-state index in [1.807, 2.05) is 13.8 Å². The molecule has 2 aliphatic heterocycles. The van der Waals surface area contributed by atoms with Gasteiger partial charge in [0.2, 0.25) is 5.91 Å². The minimum Gasteiger partial charge on any atom is -0.352 e. The molecule has 7 rings (SSSR count). The number of piperazine rings is 1. The van der Waals surface area contributed by atoms with Gasteiger partial charge in [-0.15, -0.1) is 11.8 Å². The molecule has 0 radical (unpaired) electrons. The van der Waals surface area contributed by atoms with Crippen molar-refractivity contribution in [3.05, 3.63) is 62.4 Å². The molecule has 8 nitrogen and oxygen atoms in total. The van der Waals surface area contributed by atoms with Crippen molar-refractivity contribution in [2.75, 3.05) is 23.7 Å². The van der Waals surface area contributed by atoms with E-state index in [1.165, 1.54) is 28.5 Å². The van der Waals surface area contributed by atoms with Crippen LogP contribution in [0.15, 0.2) is 45.3 Å². The molecule has 0 bridgehead atoms. The fraction of sp³-hybridized carbons (Fsp3) is 0.419. The van der Waals surface area contributed by atoms with Gasteiger partial charge in [-0.2, -0.15) is 18.2 Å². The third kappa shape index (κ3) is 4.70. The number of benzene rings is 2. The average molecular weight is 660 g/mol. The number of thiazole rings is 1. The second-order valence-corrected chi connectivity index (χ2v) is 14.3. The molecule has 45 heavy (non-hydrogen) atoms. The maximum Gasteiger partial charge on any atom is 0.417 e. The summed E-state index contributed by atoms with van der Waals surface area (Å²) in [5.41, 5.74) is -1.60. The lowest BCUT2D eigenvalue weighted by Gasteiger charge is -2.45. The SMILES string of the molecule is C=CC(=O)N1[C@H](C)CN(c2nc(=O)n3c4c(c(-c5ccc(F)c6sc(=O)[nH]c56)c(C(F)(F)F)cc24)SCC2(CCC2)C3)C[C@@H]1C. The van der Waals surface area contributed by atoms with E-state index in [-0.39, 0.29) is 73.9 Å². The van der Waals surface area contributed by atoms with Gasteiger partial charge in [0.1, 0.15) is 11.6 Å². The van der Waals surface area contributed by atoms with Gasteiger partial charge in [0, 0.05) is 58.9 Å². The quantitative estimate of drug-likeness (QED) is 0.214. The highest BCUT2D eigenvalue weighted by Crippen LogP contribution is 2.54. The second-order valence-electron chi connectivity index (χ2n) is 12.3. The average Bonchev–Trinajstić information content (AvgIpc) is 3.25. The van der Waals surface area contributed by atoms with Gasteiger partial charge in [0.05, 0.1) is 21.3 Å². The number of anilines is 1. The first-order valence-corrected chi connectivity index (χ1v) is 16.4. The molecule has 2 aromatic heterocycles. The van der Waals surface area contributed by atoms with E-state index in [1.54, 1.807) is 9.80 Å². The van der Waals surface area contributed by atoms with E-state index in [2.05, 4.69) is 16.5 Å². The van der Waals surface area contributed by atoms with Crippen molar-refractivity contribution in [1.29, 1.82) is 0 Å². The number of aromatic amines is 1. The molecule has 0 unspecified atom stereocenters. The number of thioether (sulfide) groups is 1. The highest BCUT2D eigenvalue weighted by molar-refractivity contribution is 7.99. The molecule has 2 aromatic carbocycles. The van der Waals surface area contributed by atoms with Crippen molar-refractivity contribution in [1.82, 2.24) is 19.4 Å². The van der Waals surface area contributed by atoms with Gasteiger partial charge < -0.3 is 14.8 Å². The van der Waals surface area contributed by atoms with E-state index >= 15 is 13.2 Å². The molecule has 3 aliphatic rings. The summed E-state index contributed by atoms with van der Waals surface area (Å²) >= 11 is 1.88. The Balaban J connectivity index is 1.55. The van der Waals surface area contributed by atoms with E-state index in [0.29, 0.717) is 29.2 Å². The summed E-state index contributed by atoms with van der Waals surface area (Å²) in [6, 6.07) is 2.73. The lowest BCUT2D eigenvalue weighted by Crippen LogP contribution is -2.58. The fourth-order valence-corrected chi connectivity index (χ4v) is 9.56. The van der Waals surface area contributed by atoms with Gasteiger partial charge in [-0.25, -0.2) is 9.18 Å². The van der Waals surface area contributed by atoms with Crippen LogP contribution in [0.4, 0.5) is 23.4 Å². The molecule has 14 heteroatoms. The molecule has 1 saturated heterocycles. The smallest absolute Gasteiger partial charge is 0.352 e. The number of amides is 1. The van der Waals surface area contributed by atoms with Gasteiger partial charge in [-0.3, -0.25) is 14.2 Å². The maximum atomic E-state index is 15.2. The van der Waals surface area contributed by atoms with Gasteiger partial charge in [-0.05, 0) is 56.4 Å². The minimum atomic E-state index is -4.84. The number of halogens is 4. The molecule has 1 N–H and O–H groups in total. The zero-order valence-electron chi connectivity index (χ0n) is 24.5. The molecule has 1 amide bonds. The zero-order valence-corrected chi connectivity index (χ0v) is 26.1. The highest BCUT2D eigenvalue weighted by atomic mass is 32.2. The monoisotopic (exact) mass is 659 g/mol. The highest BCUT2D eigenvalue weighted by Gasteiger charge is 2.44. The molecule has 2 fully saturated rings. The Labute approximate surface area is 262 Å². The van der Waals surface area contributed by atoms with Crippen LogP contribution in [0, 0.1) is 11.2 Å². The van der Waals surface area contributed by atoms with Gasteiger partial charge in [0.15, 0.2) is 0 Å². The number of nitrogens with one attached hydrogen (secondary N) is 1. The zero-order chi connectivity index (χ0) is 32.0. The molecule has 1 saturated carbocycles. The minimum absolute atomic E-state index is 0.0110. The third-order valence-corrected chi connectivity index (χ3v) is 11.7. The number of carbonyl (C=O) groups is 1. The number of H-pyrrole nitrogens is 1. The second kappa shape index (κ2) is 10.4. The van der Waals surface area contributed by atoms with E-state index in [4.69, 9.17) is 0 Å². The van der Waals surface area contributed by atoms with Gasteiger partial charge in [-0.1, -0.05) is 24.3 Å². The van der Waals surface area contributed by atoms with Crippen LogP contribution in [-0.4, -0.2) is 56.3 Å². The van der Waals surface area contributed by atoms with E-state index in [9.17, 15) is 18.8 Å². The number of aromatic nitrogens is 3. The molecule has 4 heterocycles. The maximum absolute atomic E-state index is 15.2. The summed E-state index contributed by atoms with van der Waals surface area (Å²) < 4.78 is 61.7. The number of rotatable bonds is 3. The number of hydrogen-bond donors (Lipinski definition) is 1. The number of carbonyl (C=O) groups excluding carboxylic acids is 1. The number of fused-ring (bicyclic) bond motifs is 1. The molecule has 236 valence electrons. The van der Waals surface area contributed by atoms with Crippen LogP contribution in [0.1, 0.15) is 38.7 Å². The number of alkyl halides is 3. The Kier molecular flexibility index (Phi) is 6.97. The van der Waals surface area contributed by atoms with Crippen molar-refractivity contribution in [3.63, 3.8) is 0 Å². The summed E-state index contributed by atoms with van der Waals surface area (Å²) in [5.74, 6) is -0.334. The lowest BCUT2D eigenvalue weighted by atomic mass is 9.70. The topological polar surface area (TPSA) is 91.3 Å². The van der Waals surface area contributed by atoms with Crippen molar-refractivity contribution in [2.45, 2.75) is 62.8 Å². The largest absolute Gasteiger partial charge is 0.417 e. The lowest BCUT2D eigenvalue weighted by molar-refractivity contribution is -0.137. The molecule has 2 atom stereocenters. The third-order valence-electron chi connectivity index (χ3n) is 9.38. The van der Waals surface area contributed by atoms with Crippen LogP contribution >= 0.6 is 23.1 Å². The molecule has 4 aromatic rings. The van der Waals surface area contributed by atoms with Gasteiger partial charge >= 0.3 is 16.7 Å². The number of nitrogens with zero attached hydrogens (tertiary/aromatic N) is 4. The van der Waals surface area contributed by atoms with Crippen molar-refractivity contribution in [2.24, 2.45) is 5.41 Å². The molecule has 1 aliphatic carbocycles. The molecule has 1 spiro atoms. The summed E-state index contributed by atoms with van der Waals surface area (Å²) in [7, 11) is 0. The standard InChI is InChI=1S/C31H29F4N5O3S2/c1-4-21(41)40-15(2)11-38(12-16(40)3)27-18-10-19(31(33,34)35)22(17-6-7-20(32)25-23(17)36-29(43)45-25)26-24(18)39(28(42)37-27)13-30(14-44-26)8-5-9-30/h4,6-7,10,15-16H,1,5,8-9,11-14H2,2-3H3,(H,36,43)/t15-,16+. The Bertz CT molecular complexity index is 2020. The van der Waals surface area contributed by atoms with Crippen LogP contribution in [0.3, 0.4) is 0 Å². The van der Waals surface area contributed by atoms with Crippen LogP contribution in [-0.2, 0) is 17.5 Å². The molecular formula is C31H29F4N5O3S2. The van der Waals surface area contributed by atoms with Crippen molar-refractivity contribution >= 4 is 55.9 Å². The first-order valence-electron chi connectivity index (χ1n) is 14.6. The summed E-state index contributed by atoms with van der Waals surface area (Å²) in [4.78, 5) is 48.9. The van der Waals surface area contributed by atoms with E-state index in [0.717, 1.165) is 31.4 Å². The van der Waals surface area contributed by atoms with Crippen molar-refractivity contribution < 1.29 is 22.4 Å². The van der Waals surface area contributed by atoms with Gasteiger partial charge in [0.25, 0.3) is 0 Å². The summed E-state index contributed by atoms with van der Waals surface area (Å²) in [6.07, 6.45) is -0.988. The summed E-state index contributed by atoms with van der Waals surface area (Å²) in [6.45, 7) is 8.08. The van der Waals surface area contributed by atoms with E-state index < -0.39 is 28.1 Å². The fourth-order valence-electron chi connectivity index (χ4n) is 7.24. The van der Waals surface area contributed by atoms with Crippen LogP contribution in [0.25, 0.3) is 32.2 Å². The Morgan fingerprint density at radius 3 is 2.51 bits per heavy atom. The first-order chi connectivity index (χ1) is 21.3. The van der Waals surface area contributed by atoms with Crippen LogP contribution in [0.5, 0.6) is 0 Å². The van der Waals surface area contributed by atoms with Crippen LogP contribution < -0.4 is 15.5 Å². The Morgan fingerprint density at radius 2 is 1.89 bits per heavy atom. The number of hydrogen-bond acceptors (Lipinski definition) is 7. The Morgan fingerprint density at radius 1 is 1.18 bits per heavy atom. The summed E-state index contributed by atoms with van der Waals surface area (Å²) in [5, 5.41) is 0.185. The normalized spacial score (nSPS) is 21.3. The first kappa shape index (κ1) is 30.0. The van der Waals surface area contributed by atoms with Crippen LogP contribution in [0.2, 0.25) is 0 Å². The molecular weight excluding hydrogens is 630 g/mol. The predicted octanol–water partition coefficient (Wildman–Crippen LogP) is 6.01.